The number of hydrogen-bond donors (Lipinski definition) is 1. The molecule has 0 bridgehead atoms. The molecule has 164 valence electrons. The number of aliphatic imine (C=N–C) groups is 1. The molecule has 0 amide bonds. The monoisotopic (exact) mass is 508 g/mol. The number of halogens is 1. The molecule has 2 saturated heterocycles. The van der Waals surface area contributed by atoms with E-state index in [1.54, 1.807) is 0 Å². The zero-order chi connectivity index (χ0) is 18.9. The zero-order valence-electron chi connectivity index (χ0n) is 17.9. The van der Waals surface area contributed by atoms with Gasteiger partial charge in [-0.2, -0.15) is 0 Å². The summed E-state index contributed by atoms with van der Waals surface area (Å²) < 4.78 is 11.6. The van der Waals surface area contributed by atoms with E-state index in [2.05, 4.69) is 27.0 Å². The minimum Gasteiger partial charge on any atom is -0.379 e. The topological polar surface area (TPSA) is 49.3 Å². The Hall–Kier alpha value is -0.120. The number of nitrogens with one attached hydrogen (secondary N) is 1. The lowest BCUT2D eigenvalue weighted by molar-refractivity contribution is 0.000956. The molecular formula is C21H41IN4O2. The Morgan fingerprint density at radius 2 is 1.79 bits per heavy atom. The number of piperidine rings is 1. The fourth-order valence-electron chi connectivity index (χ4n) is 4.57. The van der Waals surface area contributed by atoms with Gasteiger partial charge in [0, 0.05) is 52.9 Å². The van der Waals surface area contributed by atoms with Crippen molar-refractivity contribution in [1.82, 2.24) is 15.1 Å². The van der Waals surface area contributed by atoms with Gasteiger partial charge < -0.3 is 19.7 Å². The van der Waals surface area contributed by atoms with Crippen LogP contribution in [0.3, 0.4) is 0 Å². The van der Waals surface area contributed by atoms with E-state index in [-0.39, 0.29) is 24.0 Å². The first-order valence-corrected chi connectivity index (χ1v) is 11.1. The molecule has 1 N–H and O–H groups in total. The van der Waals surface area contributed by atoms with Crippen LogP contribution in [-0.2, 0) is 9.47 Å². The van der Waals surface area contributed by atoms with Gasteiger partial charge in [-0.25, -0.2) is 0 Å². The fraction of sp³-hybridized carbons (Fsp3) is 0.952. The van der Waals surface area contributed by atoms with E-state index < -0.39 is 0 Å². The van der Waals surface area contributed by atoms with E-state index in [0.29, 0.717) is 12.0 Å². The lowest BCUT2D eigenvalue weighted by Gasteiger charge is -2.35. The molecule has 28 heavy (non-hydrogen) atoms. The summed E-state index contributed by atoms with van der Waals surface area (Å²) >= 11 is 0. The Bertz CT molecular complexity index is 446. The summed E-state index contributed by atoms with van der Waals surface area (Å²) in [7, 11) is 1.90. The van der Waals surface area contributed by atoms with E-state index >= 15 is 0 Å². The van der Waals surface area contributed by atoms with E-state index in [4.69, 9.17) is 9.47 Å². The average molecular weight is 508 g/mol. The van der Waals surface area contributed by atoms with Crippen LogP contribution >= 0.6 is 24.0 Å². The Labute approximate surface area is 188 Å². The Kier molecular flexibility index (Phi) is 11.4. The number of rotatable bonds is 7. The number of nitrogens with zero attached hydrogens (tertiary/aromatic N) is 3. The molecule has 1 aliphatic carbocycles. The summed E-state index contributed by atoms with van der Waals surface area (Å²) in [4.78, 5) is 9.43. The maximum Gasteiger partial charge on any atom is 0.193 e. The van der Waals surface area contributed by atoms with Crippen LogP contribution in [0.5, 0.6) is 0 Å². The van der Waals surface area contributed by atoms with Crippen LogP contribution < -0.4 is 5.32 Å². The summed E-state index contributed by atoms with van der Waals surface area (Å²) in [5.74, 6) is 2.48. The van der Waals surface area contributed by atoms with Crippen LogP contribution in [0.1, 0.15) is 45.4 Å². The number of ether oxygens (including phenoxy) is 2. The Balaban J connectivity index is 0.00000280. The van der Waals surface area contributed by atoms with Crippen LogP contribution in [-0.4, -0.2) is 88.0 Å². The molecule has 7 heteroatoms. The normalized spacial score (nSPS) is 24.2. The highest BCUT2D eigenvalue weighted by atomic mass is 127. The highest BCUT2D eigenvalue weighted by Crippen LogP contribution is 2.26. The van der Waals surface area contributed by atoms with E-state index in [1.807, 2.05) is 7.05 Å². The van der Waals surface area contributed by atoms with Gasteiger partial charge in [-0.1, -0.05) is 19.8 Å². The van der Waals surface area contributed by atoms with Crippen molar-refractivity contribution in [2.75, 3.05) is 66.1 Å². The van der Waals surface area contributed by atoms with Gasteiger partial charge in [-0.05, 0) is 37.5 Å². The van der Waals surface area contributed by atoms with Crippen molar-refractivity contribution in [3.63, 3.8) is 0 Å². The van der Waals surface area contributed by atoms with Gasteiger partial charge in [0.15, 0.2) is 5.96 Å². The quantitative estimate of drug-likeness (QED) is 0.326. The third-order valence-electron chi connectivity index (χ3n) is 6.28. The summed E-state index contributed by atoms with van der Waals surface area (Å²) in [5, 5.41) is 3.60. The molecule has 1 atom stereocenters. The molecule has 3 aliphatic rings. The molecule has 0 aromatic rings. The number of hydrogen-bond acceptors (Lipinski definition) is 4. The number of guanidine groups is 1. The van der Waals surface area contributed by atoms with Gasteiger partial charge in [-0.3, -0.25) is 9.89 Å². The molecule has 1 saturated carbocycles. The number of morpholine rings is 1. The minimum absolute atomic E-state index is 0. The summed E-state index contributed by atoms with van der Waals surface area (Å²) in [6.07, 6.45) is 8.24. The summed E-state index contributed by atoms with van der Waals surface area (Å²) in [6, 6.07) is 0. The van der Waals surface area contributed by atoms with Gasteiger partial charge in [0.2, 0.25) is 0 Å². The highest BCUT2D eigenvalue weighted by molar-refractivity contribution is 14.0. The standard InChI is InChI=1S/C21H40N4O2.HI/c1-18(16-24-11-13-26-14-12-24)15-23-21(22-2)25-9-7-20(8-10-25)27-17-19-5-3-4-6-19;/h18-20H,3-17H2,1-2H3,(H,22,23);1H. The van der Waals surface area contributed by atoms with Gasteiger partial charge in [0.05, 0.1) is 19.3 Å². The van der Waals surface area contributed by atoms with Gasteiger partial charge in [0.1, 0.15) is 0 Å². The molecule has 0 aromatic heterocycles. The number of likely N-dealkylation sites (tertiary alicyclic amines) is 1. The average Bonchev–Trinajstić information content (AvgIpc) is 3.22. The first kappa shape index (κ1) is 24.2. The second-order valence-electron chi connectivity index (χ2n) is 8.62. The van der Waals surface area contributed by atoms with Crippen molar-refractivity contribution in [1.29, 1.82) is 0 Å². The molecule has 6 nitrogen and oxygen atoms in total. The minimum atomic E-state index is 0. The van der Waals surface area contributed by atoms with Crippen LogP contribution in [0.15, 0.2) is 4.99 Å². The Morgan fingerprint density at radius 1 is 1.11 bits per heavy atom. The maximum absolute atomic E-state index is 6.21. The zero-order valence-corrected chi connectivity index (χ0v) is 20.2. The molecular weight excluding hydrogens is 467 g/mol. The first-order chi connectivity index (χ1) is 13.2. The van der Waals surface area contributed by atoms with Crippen LogP contribution in [0.4, 0.5) is 0 Å². The molecule has 0 radical (unpaired) electrons. The predicted octanol–water partition coefficient (Wildman–Crippen LogP) is 2.82. The van der Waals surface area contributed by atoms with Crippen LogP contribution in [0.25, 0.3) is 0 Å². The van der Waals surface area contributed by atoms with Gasteiger partial charge in [-0.15, -0.1) is 24.0 Å². The summed E-state index contributed by atoms with van der Waals surface area (Å²) in [6.45, 7) is 11.4. The van der Waals surface area contributed by atoms with Crippen LogP contribution in [0, 0.1) is 11.8 Å². The smallest absolute Gasteiger partial charge is 0.193 e. The molecule has 0 aromatic carbocycles. The van der Waals surface area contributed by atoms with Crippen molar-refractivity contribution < 1.29 is 9.47 Å². The lowest BCUT2D eigenvalue weighted by Crippen LogP contribution is -2.49. The molecule has 3 fully saturated rings. The molecule has 2 aliphatic heterocycles. The van der Waals surface area contributed by atoms with Crippen molar-refractivity contribution in [3.8, 4) is 0 Å². The largest absolute Gasteiger partial charge is 0.379 e. The molecule has 0 spiro atoms. The van der Waals surface area contributed by atoms with Crippen LogP contribution in [0.2, 0.25) is 0 Å². The SMILES string of the molecule is CN=C(NCC(C)CN1CCOCC1)N1CCC(OCC2CCCC2)CC1.I. The van der Waals surface area contributed by atoms with Gasteiger partial charge in [0.25, 0.3) is 0 Å². The van der Waals surface area contributed by atoms with Gasteiger partial charge >= 0.3 is 0 Å². The maximum atomic E-state index is 6.21. The second kappa shape index (κ2) is 13.2. The molecule has 1 unspecified atom stereocenters. The van der Waals surface area contributed by atoms with E-state index in [1.165, 1.54) is 25.7 Å². The first-order valence-electron chi connectivity index (χ1n) is 11.1. The van der Waals surface area contributed by atoms with E-state index in [9.17, 15) is 0 Å². The lowest BCUT2D eigenvalue weighted by atomic mass is 10.1. The second-order valence-corrected chi connectivity index (χ2v) is 8.62. The molecule has 3 rings (SSSR count). The highest BCUT2D eigenvalue weighted by Gasteiger charge is 2.24. The third-order valence-corrected chi connectivity index (χ3v) is 6.28. The molecule has 2 heterocycles. The van der Waals surface area contributed by atoms with Crippen molar-refractivity contribution in [3.05, 3.63) is 0 Å². The van der Waals surface area contributed by atoms with Crippen molar-refractivity contribution >= 4 is 29.9 Å². The van der Waals surface area contributed by atoms with E-state index in [0.717, 1.165) is 83.8 Å². The Morgan fingerprint density at radius 3 is 2.43 bits per heavy atom. The van der Waals surface area contributed by atoms with Crippen molar-refractivity contribution in [2.45, 2.75) is 51.6 Å². The summed E-state index contributed by atoms with van der Waals surface area (Å²) in [5.41, 5.74) is 0. The fourth-order valence-corrected chi connectivity index (χ4v) is 4.57. The predicted molar refractivity (Wildman–Crippen MR) is 126 cm³/mol. The third kappa shape index (κ3) is 7.95. The van der Waals surface area contributed by atoms with Crippen molar-refractivity contribution in [2.24, 2.45) is 16.8 Å².